The minimum atomic E-state index is -1.83. The topological polar surface area (TPSA) is 73.6 Å². The van der Waals surface area contributed by atoms with Crippen molar-refractivity contribution < 1.29 is 28.4 Å². The number of esters is 2. The zero-order valence-corrected chi connectivity index (χ0v) is 13.7. The monoisotopic (exact) mass is 328 g/mol. The minimum Gasteiger partial charge on any atom is -0.362 e. The van der Waals surface area contributed by atoms with E-state index in [-0.39, 0.29) is 5.78 Å². The summed E-state index contributed by atoms with van der Waals surface area (Å²) in [6, 6.07) is 11.8. The maximum Gasteiger partial charge on any atom is 0.510 e. The van der Waals surface area contributed by atoms with Crippen molar-refractivity contribution in [1.29, 1.82) is 0 Å². The van der Waals surface area contributed by atoms with Crippen LogP contribution in [0.4, 0.5) is 0 Å². The van der Waals surface area contributed by atoms with Crippen molar-refractivity contribution in [1.82, 2.24) is 0 Å². The third-order valence-corrected chi connectivity index (χ3v) is 3.25. The van der Waals surface area contributed by atoms with E-state index in [4.69, 9.17) is 9.47 Å². The maximum absolute atomic E-state index is 11.7. The van der Waals surface area contributed by atoms with E-state index < -0.39 is 17.8 Å². The number of carbonyl (C=O) groups excluding carboxylic acids is 3. The van der Waals surface area contributed by atoms with Crippen LogP contribution in [0.1, 0.15) is 36.7 Å². The van der Waals surface area contributed by atoms with Gasteiger partial charge in [-0.1, -0.05) is 18.2 Å². The SMILES string of the molecule is CC(=O)OC(OC(C)=O)(c1ccccc1)[n+]1cccc(C(C)=O)c1. The van der Waals surface area contributed by atoms with Crippen molar-refractivity contribution in [3.05, 3.63) is 66.0 Å². The fourth-order valence-corrected chi connectivity index (χ4v) is 2.30. The Balaban J connectivity index is 2.72. The molecule has 0 aliphatic rings. The molecule has 0 unspecified atom stereocenters. The Hall–Kier alpha value is -3.02. The van der Waals surface area contributed by atoms with Crippen molar-refractivity contribution in [2.45, 2.75) is 26.7 Å². The Kier molecular flexibility index (Phi) is 5.08. The molecule has 0 radical (unpaired) electrons. The first-order chi connectivity index (χ1) is 11.3. The van der Waals surface area contributed by atoms with Gasteiger partial charge in [0.05, 0.1) is 5.56 Å². The van der Waals surface area contributed by atoms with Crippen molar-refractivity contribution in [3.63, 3.8) is 0 Å². The second kappa shape index (κ2) is 7.04. The van der Waals surface area contributed by atoms with E-state index in [1.807, 2.05) is 0 Å². The number of hydrogen-bond acceptors (Lipinski definition) is 5. The summed E-state index contributed by atoms with van der Waals surface area (Å²) in [5.41, 5.74) is 0.818. The van der Waals surface area contributed by atoms with E-state index in [2.05, 4.69) is 0 Å². The molecule has 1 aromatic heterocycles. The van der Waals surface area contributed by atoms with Gasteiger partial charge in [-0.2, -0.15) is 0 Å². The third kappa shape index (κ3) is 3.65. The second-order valence-electron chi connectivity index (χ2n) is 5.19. The van der Waals surface area contributed by atoms with Gasteiger partial charge in [0.25, 0.3) is 0 Å². The number of aromatic nitrogens is 1. The lowest BCUT2D eigenvalue weighted by Crippen LogP contribution is -2.61. The van der Waals surface area contributed by atoms with Crippen LogP contribution in [0.5, 0.6) is 0 Å². The van der Waals surface area contributed by atoms with Crippen LogP contribution in [-0.2, 0) is 25.0 Å². The molecule has 0 bridgehead atoms. The zero-order valence-electron chi connectivity index (χ0n) is 13.7. The predicted octanol–water partition coefficient (Wildman–Crippen LogP) is 1.96. The maximum atomic E-state index is 11.7. The predicted molar refractivity (Wildman–Crippen MR) is 83.7 cm³/mol. The lowest BCUT2D eigenvalue weighted by molar-refractivity contribution is -0.833. The summed E-state index contributed by atoms with van der Waals surface area (Å²) < 4.78 is 12.2. The largest absolute Gasteiger partial charge is 0.510 e. The lowest BCUT2D eigenvalue weighted by Gasteiger charge is -2.26. The highest BCUT2D eigenvalue weighted by Crippen LogP contribution is 2.25. The minimum absolute atomic E-state index is 0.169. The molecule has 2 rings (SSSR count). The summed E-state index contributed by atoms with van der Waals surface area (Å²) in [6.07, 6.45) is 3.03. The van der Waals surface area contributed by atoms with E-state index in [0.29, 0.717) is 11.1 Å². The summed E-state index contributed by atoms with van der Waals surface area (Å²) in [7, 11) is 0. The molecule has 124 valence electrons. The van der Waals surface area contributed by atoms with Crippen molar-refractivity contribution in [2.75, 3.05) is 0 Å². The van der Waals surface area contributed by atoms with Crippen LogP contribution in [0, 0.1) is 0 Å². The average molecular weight is 328 g/mol. The van der Waals surface area contributed by atoms with Gasteiger partial charge in [0.1, 0.15) is 5.56 Å². The van der Waals surface area contributed by atoms with E-state index in [0.717, 1.165) is 0 Å². The lowest BCUT2D eigenvalue weighted by atomic mass is 10.1. The molecular formula is C18H18NO5+. The van der Waals surface area contributed by atoms with Gasteiger partial charge in [0.15, 0.2) is 18.2 Å². The number of nitrogens with zero attached hydrogens (tertiary/aromatic N) is 1. The molecule has 0 aliphatic heterocycles. The Morgan fingerprint density at radius 3 is 1.96 bits per heavy atom. The van der Waals surface area contributed by atoms with Crippen LogP contribution in [0.25, 0.3) is 0 Å². The second-order valence-corrected chi connectivity index (χ2v) is 5.19. The Morgan fingerprint density at radius 2 is 1.46 bits per heavy atom. The van der Waals surface area contributed by atoms with E-state index in [1.54, 1.807) is 48.7 Å². The Bertz CT molecular complexity index is 754. The molecule has 0 aliphatic carbocycles. The van der Waals surface area contributed by atoms with Gasteiger partial charge < -0.3 is 9.47 Å². The summed E-state index contributed by atoms with van der Waals surface area (Å²) in [5, 5.41) is 0. The molecule has 0 spiro atoms. The highest BCUT2D eigenvalue weighted by atomic mass is 16.8. The summed E-state index contributed by atoms with van der Waals surface area (Å²) in [6.45, 7) is 3.86. The first-order valence-corrected chi connectivity index (χ1v) is 7.32. The number of carbonyl (C=O) groups is 3. The number of hydrogen-bond donors (Lipinski definition) is 0. The smallest absolute Gasteiger partial charge is 0.362 e. The molecule has 0 saturated heterocycles. The number of ether oxygens (including phenoxy) is 2. The van der Waals surface area contributed by atoms with Gasteiger partial charge in [-0.25, -0.2) is 0 Å². The van der Waals surface area contributed by atoms with Gasteiger partial charge in [-0.15, -0.1) is 4.57 Å². The van der Waals surface area contributed by atoms with Crippen LogP contribution in [0.3, 0.4) is 0 Å². The highest BCUT2D eigenvalue weighted by molar-refractivity contribution is 5.93. The van der Waals surface area contributed by atoms with Gasteiger partial charge in [0.2, 0.25) is 0 Å². The number of ketones is 1. The van der Waals surface area contributed by atoms with Crippen LogP contribution < -0.4 is 4.57 Å². The van der Waals surface area contributed by atoms with Gasteiger partial charge in [-0.05, 0) is 25.1 Å². The number of Topliss-reactive ketones (excluding diaryl/α,β-unsaturated/α-hetero) is 1. The fourth-order valence-electron chi connectivity index (χ4n) is 2.30. The molecule has 0 N–H and O–H groups in total. The Labute approximate surface area is 139 Å². The molecule has 6 nitrogen and oxygen atoms in total. The molecule has 0 saturated carbocycles. The van der Waals surface area contributed by atoms with Crippen LogP contribution in [0.15, 0.2) is 54.9 Å². The van der Waals surface area contributed by atoms with Crippen molar-refractivity contribution in [3.8, 4) is 0 Å². The number of pyridine rings is 1. The molecule has 1 aromatic carbocycles. The third-order valence-electron chi connectivity index (χ3n) is 3.25. The van der Waals surface area contributed by atoms with Gasteiger partial charge in [-0.3, -0.25) is 14.4 Å². The molecule has 24 heavy (non-hydrogen) atoms. The van der Waals surface area contributed by atoms with Gasteiger partial charge >= 0.3 is 17.8 Å². The quantitative estimate of drug-likeness (QED) is 0.363. The molecule has 2 aromatic rings. The number of benzene rings is 1. The van der Waals surface area contributed by atoms with E-state index >= 15 is 0 Å². The average Bonchev–Trinajstić information content (AvgIpc) is 2.54. The van der Waals surface area contributed by atoms with E-state index in [9.17, 15) is 14.4 Å². The molecule has 6 heteroatoms. The zero-order chi connectivity index (χ0) is 17.7. The van der Waals surface area contributed by atoms with Crippen LogP contribution >= 0.6 is 0 Å². The first-order valence-electron chi connectivity index (χ1n) is 7.32. The standard InChI is InChI=1S/C18H18NO5/c1-13(20)16-8-7-11-19(12-16)18(23-14(2)21,24-15(3)22)17-9-5-4-6-10-17/h4-12H,1-3H3/q+1. The normalized spacial score (nSPS) is 10.8. The summed E-state index contributed by atoms with van der Waals surface area (Å²) in [4.78, 5) is 35.1. The molecule has 0 atom stereocenters. The summed E-state index contributed by atoms with van der Waals surface area (Å²) in [5.74, 6) is -3.27. The van der Waals surface area contributed by atoms with E-state index in [1.165, 1.54) is 31.5 Å². The highest BCUT2D eigenvalue weighted by Gasteiger charge is 2.50. The van der Waals surface area contributed by atoms with Crippen molar-refractivity contribution >= 4 is 17.7 Å². The molecule has 0 fully saturated rings. The fraction of sp³-hybridized carbons (Fsp3) is 0.222. The Morgan fingerprint density at radius 1 is 0.875 bits per heavy atom. The van der Waals surface area contributed by atoms with Crippen LogP contribution in [0.2, 0.25) is 0 Å². The van der Waals surface area contributed by atoms with Crippen molar-refractivity contribution in [2.24, 2.45) is 0 Å². The summed E-state index contributed by atoms with van der Waals surface area (Å²) >= 11 is 0. The molecular weight excluding hydrogens is 310 g/mol. The molecule has 1 heterocycles. The number of rotatable bonds is 5. The molecule has 0 amide bonds. The van der Waals surface area contributed by atoms with Gasteiger partial charge in [0, 0.05) is 19.9 Å². The van der Waals surface area contributed by atoms with Crippen LogP contribution in [-0.4, -0.2) is 17.7 Å². The first kappa shape index (κ1) is 17.3.